The maximum atomic E-state index is 12.3. The Labute approximate surface area is 140 Å². The Morgan fingerprint density at radius 2 is 1.87 bits per heavy atom. The first-order valence-corrected chi connectivity index (χ1v) is 9.60. The molecule has 0 spiro atoms. The van der Waals surface area contributed by atoms with Gasteiger partial charge in [0.25, 0.3) is 0 Å². The standard InChI is InChI=1S/C18H29O4P/c1-15(2)14-18(17(19)20,23(21)22-3)13-9-5-8-12-16-10-6-4-7-11-16/h4,6-7,10-11,15,23H,5,8-9,12-14H2,1-3H3,(H,19,20). The molecule has 0 fully saturated rings. The van der Waals surface area contributed by atoms with Crippen LogP contribution in [0.1, 0.15) is 51.5 Å². The number of unbranched alkanes of at least 4 members (excludes halogenated alkanes) is 2. The molecular weight excluding hydrogens is 311 g/mol. The Balaban J connectivity index is 2.56. The molecule has 0 amide bonds. The molecule has 0 aromatic heterocycles. The Morgan fingerprint density at radius 3 is 2.39 bits per heavy atom. The lowest BCUT2D eigenvalue weighted by atomic mass is 9.90. The topological polar surface area (TPSA) is 63.6 Å². The summed E-state index contributed by atoms with van der Waals surface area (Å²) in [5.41, 5.74) is 1.30. The van der Waals surface area contributed by atoms with E-state index < -0.39 is 19.2 Å². The first-order chi connectivity index (χ1) is 10.9. The number of benzene rings is 1. The zero-order valence-electron chi connectivity index (χ0n) is 14.4. The molecule has 0 saturated heterocycles. The molecule has 0 aliphatic carbocycles. The largest absolute Gasteiger partial charge is 0.480 e. The highest BCUT2D eigenvalue weighted by Gasteiger charge is 2.44. The SMILES string of the molecule is CO[PH](=O)C(CCCCCc1ccccc1)(CC(C)C)C(=O)O. The van der Waals surface area contributed by atoms with Gasteiger partial charge in [0.15, 0.2) is 0 Å². The van der Waals surface area contributed by atoms with Crippen molar-refractivity contribution in [3.8, 4) is 0 Å². The van der Waals surface area contributed by atoms with Crippen LogP contribution in [0, 0.1) is 5.92 Å². The van der Waals surface area contributed by atoms with Gasteiger partial charge < -0.3 is 9.63 Å². The lowest BCUT2D eigenvalue weighted by molar-refractivity contribution is -0.141. The van der Waals surface area contributed by atoms with Gasteiger partial charge in [-0.2, -0.15) is 0 Å². The number of aliphatic carboxylic acids is 1. The predicted octanol–water partition coefficient (Wildman–Crippen LogP) is 4.78. The summed E-state index contributed by atoms with van der Waals surface area (Å²) >= 11 is 0. The van der Waals surface area contributed by atoms with Gasteiger partial charge in [0.05, 0.1) is 0 Å². The number of hydrogen-bond donors (Lipinski definition) is 1. The van der Waals surface area contributed by atoms with Gasteiger partial charge in [-0.15, -0.1) is 0 Å². The Morgan fingerprint density at radius 1 is 1.22 bits per heavy atom. The Kier molecular flexibility index (Phi) is 8.57. The molecular formula is C18H29O4P. The van der Waals surface area contributed by atoms with E-state index in [1.165, 1.54) is 12.7 Å². The average molecular weight is 340 g/mol. The van der Waals surface area contributed by atoms with E-state index in [9.17, 15) is 14.5 Å². The van der Waals surface area contributed by atoms with Crippen LogP contribution in [-0.2, 0) is 20.3 Å². The highest BCUT2D eigenvalue weighted by Crippen LogP contribution is 2.47. The molecule has 1 N–H and O–H groups in total. The van der Waals surface area contributed by atoms with E-state index in [1.807, 2.05) is 32.0 Å². The van der Waals surface area contributed by atoms with Crippen LogP contribution >= 0.6 is 8.03 Å². The molecule has 0 bridgehead atoms. The second kappa shape index (κ2) is 9.89. The van der Waals surface area contributed by atoms with Gasteiger partial charge in [0.1, 0.15) is 5.16 Å². The second-order valence-electron chi connectivity index (χ2n) is 6.52. The number of carbonyl (C=O) groups is 1. The van der Waals surface area contributed by atoms with Gasteiger partial charge in [-0.05, 0) is 37.2 Å². The number of carboxylic acids is 1. The van der Waals surface area contributed by atoms with Crippen molar-refractivity contribution in [1.29, 1.82) is 0 Å². The molecule has 23 heavy (non-hydrogen) atoms. The number of rotatable bonds is 11. The molecule has 4 nitrogen and oxygen atoms in total. The van der Waals surface area contributed by atoms with Crippen molar-refractivity contribution in [3.05, 3.63) is 35.9 Å². The highest BCUT2D eigenvalue weighted by molar-refractivity contribution is 7.42. The van der Waals surface area contributed by atoms with E-state index in [1.54, 1.807) is 0 Å². The Bertz CT molecular complexity index is 501. The van der Waals surface area contributed by atoms with Gasteiger partial charge in [-0.1, -0.05) is 57.0 Å². The van der Waals surface area contributed by atoms with Crippen LogP contribution in [0.4, 0.5) is 0 Å². The van der Waals surface area contributed by atoms with E-state index in [2.05, 4.69) is 12.1 Å². The fourth-order valence-corrected chi connectivity index (χ4v) is 4.56. The summed E-state index contributed by atoms with van der Waals surface area (Å²) in [4.78, 5) is 11.8. The fraction of sp³-hybridized carbons (Fsp3) is 0.611. The van der Waals surface area contributed by atoms with Crippen molar-refractivity contribution >= 4 is 14.0 Å². The van der Waals surface area contributed by atoms with Crippen molar-refractivity contribution < 1.29 is 19.0 Å². The third kappa shape index (κ3) is 6.12. The maximum absolute atomic E-state index is 12.3. The van der Waals surface area contributed by atoms with E-state index in [0.717, 1.165) is 25.7 Å². The molecule has 1 rings (SSSR count). The smallest absolute Gasteiger partial charge is 0.319 e. The summed E-state index contributed by atoms with van der Waals surface area (Å²) in [6.45, 7) is 3.91. The first-order valence-electron chi connectivity index (χ1n) is 8.28. The molecule has 1 aromatic rings. The van der Waals surface area contributed by atoms with Crippen LogP contribution in [0.2, 0.25) is 0 Å². The van der Waals surface area contributed by atoms with E-state index in [0.29, 0.717) is 12.8 Å². The summed E-state index contributed by atoms with van der Waals surface area (Å²) in [5.74, 6) is -0.820. The number of hydrogen-bond acceptors (Lipinski definition) is 3. The van der Waals surface area contributed by atoms with Crippen LogP contribution in [0.3, 0.4) is 0 Å². The predicted molar refractivity (Wildman–Crippen MR) is 94.4 cm³/mol. The summed E-state index contributed by atoms with van der Waals surface area (Å²) in [7, 11) is -1.27. The number of aryl methyl sites for hydroxylation is 1. The molecule has 0 heterocycles. The quantitative estimate of drug-likeness (QED) is 0.465. The van der Waals surface area contributed by atoms with Gasteiger partial charge in [-0.25, -0.2) is 0 Å². The molecule has 1 aromatic carbocycles. The van der Waals surface area contributed by atoms with Crippen molar-refractivity contribution in [1.82, 2.24) is 0 Å². The first kappa shape index (κ1) is 19.9. The van der Waals surface area contributed by atoms with E-state index in [-0.39, 0.29) is 5.92 Å². The van der Waals surface area contributed by atoms with Crippen molar-refractivity contribution in [3.63, 3.8) is 0 Å². The van der Waals surface area contributed by atoms with Crippen LogP contribution in [-0.4, -0.2) is 23.3 Å². The van der Waals surface area contributed by atoms with Crippen LogP contribution in [0.15, 0.2) is 30.3 Å². The van der Waals surface area contributed by atoms with Crippen molar-refractivity contribution in [2.45, 2.75) is 57.5 Å². The third-order valence-electron chi connectivity index (χ3n) is 4.15. The van der Waals surface area contributed by atoms with Crippen LogP contribution in [0.25, 0.3) is 0 Å². The van der Waals surface area contributed by atoms with Gasteiger partial charge in [0.2, 0.25) is 8.03 Å². The fourth-order valence-electron chi connectivity index (χ4n) is 3.04. The molecule has 0 aliphatic rings. The second-order valence-corrected chi connectivity index (χ2v) is 8.46. The van der Waals surface area contributed by atoms with Crippen molar-refractivity contribution in [2.24, 2.45) is 5.92 Å². The molecule has 0 radical (unpaired) electrons. The Hall–Kier alpha value is -1.12. The van der Waals surface area contributed by atoms with Crippen molar-refractivity contribution in [2.75, 3.05) is 7.11 Å². The van der Waals surface area contributed by atoms with Gasteiger partial charge in [0, 0.05) is 7.11 Å². The summed E-state index contributed by atoms with van der Waals surface area (Å²) < 4.78 is 17.2. The monoisotopic (exact) mass is 340 g/mol. The molecule has 2 unspecified atom stereocenters. The summed E-state index contributed by atoms with van der Waals surface area (Å²) in [6, 6.07) is 10.3. The lowest BCUT2D eigenvalue weighted by Gasteiger charge is -2.29. The summed E-state index contributed by atoms with van der Waals surface area (Å²) in [5, 5.41) is 8.43. The van der Waals surface area contributed by atoms with E-state index >= 15 is 0 Å². The lowest BCUT2D eigenvalue weighted by Crippen LogP contribution is -2.37. The molecule has 0 aliphatic heterocycles. The molecule has 130 valence electrons. The molecule has 5 heteroatoms. The van der Waals surface area contributed by atoms with Gasteiger partial charge >= 0.3 is 5.97 Å². The van der Waals surface area contributed by atoms with Crippen LogP contribution in [0.5, 0.6) is 0 Å². The zero-order valence-corrected chi connectivity index (χ0v) is 15.4. The minimum absolute atomic E-state index is 0.166. The highest BCUT2D eigenvalue weighted by atomic mass is 31.1. The normalized spacial score (nSPS) is 15.3. The number of carboxylic acid groups (broad SMARTS) is 1. The van der Waals surface area contributed by atoms with Gasteiger partial charge in [-0.3, -0.25) is 9.36 Å². The third-order valence-corrected chi connectivity index (χ3v) is 5.97. The minimum Gasteiger partial charge on any atom is -0.480 e. The molecule has 0 saturated carbocycles. The minimum atomic E-state index is -2.61. The van der Waals surface area contributed by atoms with Crippen LogP contribution < -0.4 is 0 Å². The molecule has 2 atom stereocenters. The maximum Gasteiger partial charge on any atom is 0.319 e. The summed E-state index contributed by atoms with van der Waals surface area (Å²) in [6.07, 6.45) is 4.50. The zero-order chi connectivity index (χ0) is 17.3. The average Bonchev–Trinajstić information content (AvgIpc) is 2.53. The van der Waals surface area contributed by atoms with E-state index in [4.69, 9.17) is 4.52 Å².